The van der Waals surface area contributed by atoms with Crippen molar-refractivity contribution in [2.45, 2.75) is 25.4 Å². The first-order chi connectivity index (χ1) is 6.58. The van der Waals surface area contributed by atoms with Crippen molar-refractivity contribution in [1.82, 2.24) is 4.90 Å². The minimum atomic E-state index is -0.685. The van der Waals surface area contributed by atoms with Gasteiger partial charge in [0.05, 0.1) is 18.1 Å². The Labute approximate surface area is 83.8 Å². The van der Waals surface area contributed by atoms with Gasteiger partial charge in [-0.15, -0.1) is 0 Å². The number of rotatable bonds is 1. The lowest BCUT2D eigenvalue weighted by Gasteiger charge is -2.21. The van der Waals surface area contributed by atoms with Crippen LogP contribution in [0.25, 0.3) is 0 Å². The monoisotopic (exact) mass is 199 g/mol. The second-order valence-corrected chi connectivity index (χ2v) is 4.57. The Balaban J connectivity index is 1.92. The summed E-state index contributed by atoms with van der Waals surface area (Å²) in [5.41, 5.74) is -0.685. The number of aliphatic hydroxyl groups is 1. The summed E-state index contributed by atoms with van der Waals surface area (Å²) < 4.78 is 5.18. The number of nitrogens with zero attached hydrogens (tertiary/aromatic N) is 1. The molecule has 0 aromatic rings. The fourth-order valence-corrected chi connectivity index (χ4v) is 2.12. The Morgan fingerprint density at radius 1 is 1.64 bits per heavy atom. The third-order valence-corrected chi connectivity index (χ3v) is 3.04. The fraction of sp³-hybridized carbons (Fsp3) is 0.900. The molecule has 2 unspecified atom stereocenters. The molecule has 0 radical (unpaired) electrons. The molecule has 2 rings (SSSR count). The van der Waals surface area contributed by atoms with Crippen molar-refractivity contribution in [2.75, 3.05) is 26.3 Å². The molecule has 2 fully saturated rings. The number of amides is 1. The van der Waals surface area contributed by atoms with Gasteiger partial charge >= 0.3 is 0 Å². The SMILES string of the molecule is CC1(O)CCN(C(=O)C2CCOC2)C1. The Hall–Kier alpha value is -0.610. The molecule has 2 heterocycles. The molecule has 4 nitrogen and oxygen atoms in total. The van der Waals surface area contributed by atoms with Gasteiger partial charge in [0, 0.05) is 19.7 Å². The highest BCUT2D eigenvalue weighted by Crippen LogP contribution is 2.24. The van der Waals surface area contributed by atoms with Crippen LogP contribution in [0.3, 0.4) is 0 Å². The number of ether oxygens (including phenoxy) is 1. The molecule has 2 aliphatic heterocycles. The predicted octanol–water partition coefficient (Wildman–Crippen LogP) is 0.00620. The van der Waals surface area contributed by atoms with E-state index in [2.05, 4.69) is 0 Å². The normalized spacial score (nSPS) is 37.9. The van der Waals surface area contributed by atoms with Crippen LogP contribution in [0.15, 0.2) is 0 Å². The van der Waals surface area contributed by atoms with E-state index in [-0.39, 0.29) is 11.8 Å². The average molecular weight is 199 g/mol. The van der Waals surface area contributed by atoms with Gasteiger partial charge in [-0.25, -0.2) is 0 Å². The quantitative estimate of drug-likeness (QED) is 0.647. The van der Waals surface area contributed by atoms with Crippen LogP contribution in [0.1, 0.15) is 19.8 Å². The van der Waals surface area contributed by atoms with Crippen LogP contribution in [-0.2, 0) is 9.53 Å². The summed E-state index contributed by atoms with van der Waals surface area (Å²) in [6.07, 6.45) is 1.52. The van der Waals surface area contributed by atoms with Crippen LogP contribution in [0, 0.1) is 5.92 Å². The van der Waals surface area contributed by atoms with Gasteiger partial charge in [-0.2, -0.15) is 0 Å². The summed E-state index contributed by atoms with van der Waals surface area (Å²) in [6.45, 7) is 4.19. The number of likely N-dealkylation sites (tertiary alicyclic amines) is 1. The summed E-state index contributed by atoms with van der Waals surface area (Å²) in [4.78, 5) is 13.6. The van der Waals surface area contributed by atoms with E-state index in [4.69, 9.17) is 4.74 Å². The average Bonchev–Trinajstić information content (AvgIpc) is 2.72. The van der Waals surface area contributed by atoms with Crippen molar-refractivity contribution in [3.05, 3.63) is 0 Å². The van der Waals surface area contributed by atoms with E-state index in [0.29, 0.717) is 32.7 Å². The van der Waals surface area contributed by atoms with Crippen molar-refractivity contribution in [1.29, 1.82) is 0 Å². The molecule has 0 aromatic heterocycles. The number of hydrogen-bond donors (Lipinski definition) is 1. The highest BCUT2D eigenvalue weighted by Gasteiger charge is 2.37. The summed E-state index contributed by atoms with van der Waals surface area (Å²) >= 11 is 0. The first-order valence-corrected chi connectivity index (χ1v) is 5.17. The van der Waals surface area contributed by atoms with Gasteiger partial charge in [0.25, 0.3) is 0 Å². The zero-order valence-electron chi connectivity index (χ0n) is 8.53. The summed E-state index contributed by atoms with van der Waals surface area (Å²) in [5.74, 6) is 0.184. The van der Waals surface area contributed by atoms with Crippen molar-refractivity contribution in [2.24, 2.45) is 5.92 Å². The fourth-order valence-electron chi connectivity index (χ4n) is 2.12. The van der Waals surface area contributed by atoms with Crippen LogP contribution in [0.2, 0.25) is 0 Å². The third kappa shape index (κ3) is 1.91. The maximum absolute atomic E-state index is 11.9. The van der Waals surface area contributed by atoms with Gasteiger partial charge in [0.2, 0.25) is 5.91 Å². The first kappa shape index (κ1) is 9.93. The highest BCUT2D eigenvalue weighted by atomic mass is 16.5. The predicted molar refractivity (Wildman–Crippen MR) is 50.7 cm³/mol. The topological polar surface area (TPSA) is 49.8 Å². The summed E-state index contributed by atoms with van der Waals surface area (Å²) in [7, 11) is 0. The molecule has 1 amide bonds. The van der Waals surface area contributed by atoms with Crippen molar-refractivity contribution >= 4 is 5.91 Å². The molecule has 80 valence electrons. The molecule has 0 aliphatic carbocycles. The van der Waals surface area contributed by atoms with Crippen LogP contribution in [-0.4, -0.2) is 47.8 Å². The molecule has 0 aromatic carbocycles. The van der Waals surface area contributed by atoms with Gasteiger partial charge in [0.15, 0.2) is 0 Å². The first-order valence-electron chi connectivity index (χ1n) is 5.17. The Kier molecular flexibility index (Phi) is 2.49. The molecule has 2 atom stereocenters. The van der Waals surface area contributed by atoms with Crippen molar-refractivity contribution in [3.8, 4) is 0 Å². The van der Waals surface area contributed by atoms with E-state index >= 15 is 0 Å². The molecular weight excluding hydrogens is 182 g/mol. The summed E-state index contributed by atoms with van der Waals surface area (Å²) in [6, 6.07) is 0. The van der Waals surface area contributed by atoms with Gasteiger partial charge in [-0.3, -0.25) is 4.79 Å². The van der Waals surface area contributed by atoms with Crippen molar-refractivity contribution in [3.63, 3.8) is 0 Å². The molecule has 14 heavy (non-hydrogen) atoms. The van der Waals surface area contributed by atoms with Crippen LogP contribution >= 0.6 is 0 Å². The Morgan fingerprint density at radius 2 is 2.43 bits per heavy atom. The van der Waals surface area contributed by atoms with Gasteiger partial charge < -0.3 is 14.7 Å². The van der Waals surface area contributed by atoms with E-state index < -0.39 is 5.60 Å². The molecule has 4 heteroatoms. The van der Waals surface area contributed by atoms with E-state index in [0.717, 1.165) is 6.42 Å². The Morgan fingerprint density at radius 3 is 2.93 bits per heavy atom. The largest absolute Gasteiger partial charge is 0.388 e. The number of β-amino-alcohol motifs (C(OH)–C–C–N with tert-alkyl or cyclic N) is 1. The summed E-state index contributed by atoms with van der Waals surface area (Å²) in [5, 5.41) is 9.73. The molecule has 0 saturated carbocycles. The molecule has 0 bridgehead atoms. The number of carbonyl (C=O) groups is 1. The van der Waals surface area contributed by atoms with E-state index in [1.807, 2.05) is 0 Å². The smallest absolute Gasteiger partial charge is 0.228 e. The standard InChI is InChI=1S/C10H17NO3/c1-10(13)3-4-11(7-10)9(12)8-2-5-14-6-8/h8,13H,2-7H2,1H3. The van der Waals surface area contributed by atoms with E-state index in [1.54, 1.807) is 11.8 Å². The molecule has 2 saturated heterocycles. The molecule has 0 spiro atoms. The molecule has 1 N–H and O–H groups in total. The van der Waals surface area contributed by atoms with Gasteiger partial charge in [0.1, 0.15) is 0 Å². The van der Waals surface area contributed by atoms with E-state index in [9.17, 15) is 9.90 Å². The lowest BCUT2D eigenvalue weighted by molar-refractivity contribution is -0.135. The zero-order valence-corrected chi connectivity index (χ0v) is 8.53. The third-order valence-electron chi connectivity index (χ3n) is 3.04. The minimum absolute atomic E-state index is 0.0314. The minimum Gasteiger partial charge on any atom is -0.388 e. The molecular formula is C10H17NO3. The van der Waals surface area contributed by atoms with Crippen LogP contribution in [0.4, 0.5) is 0 Å². The second-order valence-electron chi connectivity index (χ2n) is 4.57. The van der Waals surface area contributed by atoms with Gasteiger partial charge in [-0.05, 0) is 19.8 Å². The zero-order chi connectivity index (χ0) is 10.2. The lowest BCUT2D eigenvalue weighted by Crippen LogP contribution is -2.37. The second kappa shape index (κ2) is 3.51. The van der Waals surface area contributed by atoms with Crippen LogP contribution in [0.5, 0.6) is 0 Å². The number of hydrogen-bond acceptors (Lipinski definition) is 3. The van der Waals surface area contributed by atoms with Gasteiger partial charge in [-0.1, -0.05) is 0 Å². The Bertz CT molecular complexity index is 234. The van der Waals surface area contributed by atoms with E-state index in [1.165, 1.54) is 0 Å². The maximum Gasteiger partial charge on any atom is 0.228 e. The maximum atomic E-state index is 11.9. The lowest BCUT2D eigenvalue weighted by atomic mass is 10.1. The molecule has 2 aliphatic rings. The van der Waals surface area contributed by atoms with Crippen LogP contribution < -0.4 is 0 Å². The van der Waals surface area contributed by atoms with Crippen molar-refractivity contribution < 1.29 is 14.6 Å². The highest BCUT2D eigenvalue weighted by molar-refractivity contribution is 5.79. The number of carbonyl (C=O) groups excluding carboxylic acids is 1.